The van der Waals surface area contributed by atoms with Crippen LogP contribution >= 0.6 is 23.4 Å². The van der Waals surface area contributed by atoms with Crippen LogP contribution in [0.15, 0.2) is 78.9 Å². The fourth-order valence-corrected chi connectivity index (χ4v) is 4.71. The fourth-order valence-electron chi connectivity index (χ4n) is 3.71. The van der Waals surface area contributed by atoms with Gasteiger partial charge in [0.15, 0.2) is 0 Å². The number of hydrogen-bond acceptors (Lipinski definition) is 3. The van der Waals surface area contributed by atoms with E-state index in [2.05, 4.69) is 5.32 Å². The van der Waals surface area contributed by atoms with Gasteiger partial charge in [0.1, 0.15) is 11.9 Å². The second kappa shape index (κ2) is 12.9. The van der Waals surface area contributed by atoms with Crippen molar-refractivity contribution in [1.29, 1.82) is 0 Å². The van der Waals surface area contributed by atoms with Crippen molar-refractivity contribution in [2.75, 3.05) is 5.75 Å². The van der Waals surface area contributed by atoms with E-state index < -0.39 is 11.6 Å². The summed E-state index contributed by atoms with van der Waals surface area (Å²) in [6.45, 7) is 6.05. The Hall–Kier alpha value is -2.83. The summed E-state index contributed by atoms with van der Waals surface area (Å²) in [5.74, 6) is 0.138. The number of thioether (sulfide) groups is 1. The molecule has 0 saturated carbocycles. The van der Waals surface area contributed by atoms with E-state index in [1.54, 1.807) is 29.2 Å². The van der Waals surface area contributed by atoms with Gasteiger partial charge in [-0.1, -0.05) is 66.2 Å². The van der Waals surface area contributed by atoms with E-state index in [1.165, 1.54) is 23.9 Å². The maximum Gasteiger partial charge on any atom is 0.243 e. The molecule has 0 aliphatic carbocycles. The van der Waals surface area contributed by atoms with Crippen molar-refractivity contribution in [3.8, 4) is 0 Å². The lowest BCUT2D eigenvalue weighted by Crippen LogP contribution is -2.54. The van der Waals surface area contributed by atoms with Gasteiger partial charge in [-0.15, -0.1) is 11.8 Å². The molecule has 3 aromatic rings. The number of benzene rings is 3. The van der Waals surface area contributed by atoms with Crippen LogP contribution in [-0.4, -0.2) is 34.0 Å². The van der Waals surface area contributed by atoms with Crippen molar-refractivity contribution < 1.29 is 14.0 Å². The third-order valence-electron chi connectivity index (χ3n) is 5.44. The molecule has 4 nitrogen and oxygen atoms in total. The Balaban J connectivity index is 1.85. The van der Waals surface area contributed by atoms with Crippen LogP contribution in [0.3, 0.4) is 0 Å². The van der Waals surface area contributed by atoms with E-state index in [0.29, 0.717) is 17.2 Å². The Bertz CT molecular complexity index is 1130. The molecule has 0 aliphatic heterocycles. The molecule has 7 heteroatoms. The number of carbonyl (C=O) groups is 2. The molecule has 2 amide bonds. The van der Waals surface area contributed by atoms with E-state index in [-0.39, 0.29) is 29.9 Å². The van der Waals surface area contributed by atoms with Crippen LogP contribution in [-0.2, 0) is 28.3 Å². The molecule has 1 unspecified atom stereocenters. The number of nitrogens with one attached hydrogen (secondary N) is 1. The molecule has 0 fully saturated rings. The Labute approximate surface area is 222 Å². The molecule has 1 atom stereocenters. The number of rotatable bonds is 10. The molecule has 3 rings (SSSR count). The van der Waals surface area contributed by atoms with E-state index in [9.17, 15) is 14.0 Å². The first-order valence-corrected chi connectivity index (χ1v) is 13.4. The van der Waals surface area contributed by atoms with Crippen molar-refractivity contribution in [2.45, 2.75) is 51.1 Å². The summed E-state index contributed by atoms with van der Waals surface area (Å²) in [5.41, 5.74) is 2.35. The van der Waals surface area contributed by atoms with Crippen molar-refractivity contribution in [3.63, 3.8) is 0 Å². The minimum Gasteiger partial charge on any atom is -0.350 e. The summed E-state index contributed by atoms with van der Waals surface area (Å²) in [6, 6.07) is 22.6. The van der Waals surface area contributed by atoms with Gasteiger partial charge in [-0.3, -0.25) is 9.59 Å². The minimum atomic E-state index is -0.693. The van der Waals surface area contributed by atoms with Crippen LogP contribution < -0.4 is 5.32 Å². The third-order valence-corrected chi connectivity index (χ3v) is 6.68. The molecule has 0 bridgehead atoms. The molecule has 0 aliphatic rings. The Morgan fingerprint density at radius 2 is 1.53 bits per heavy atom. The summed E-state index contributed by atoms with van der Waals surface area (Å²) in [4.78, 5) is 28.8. The highest BCUT2D eigenvalue weighted by atomic mass is 35.5. The van der Waals surface area contributed by atoms with Crippen molar-refractivity contribution in [3.05, 3.63) is 106 Å². The molecule has 0 heterocycles. The molecule has 36 heavy (non-hydrogen) atoms. The highest BCUT2D eigenvalue weighted by molar-refractivity contribution is 7.99. The van der Waals surface area contributed by atoms with Gasteiger partial charge in [0.05, 0.1) is 5.75 Å². The number of halogens is 2. The number of amides is 2. The zero-order valence-electron chi connectivity index (χ0n) is 20.8. The second-order valence-electron chi connectivity index (χ2n) is 9.71. The average Bonchev–Trinajstić information content (AvgIpc) is 2.83. The van der Waals surface area contributed by atoms with Gasteiger partial charge in [-0.25, -0.2) is 4.39 Å². The van der Waals surface area contributed by atoms with Crippen molar-refractivity contribution in [2.24, 2.45) is 0 Å². The topological polar surface area (TPSA) is 49.4 Å². The lowest BCUT2D eigenvalue weighted by molar-refractivity contribution is -0.140. The first kappa shape index (κ1) is 27.8. The number of hydrogen-bond donors (Lipinski definition) is 1. The van der Waals surface area contributed by atoms with Gasteiger partial charge in [0.25, 0.3) is 0 Å². The second-order valence-corrected chi connectivity index (χ2v) is 11.1. The highest BCUT2D eigenvalue weighted by Gasteiger charge is 2.32. The zero-order chi connectivity index (χ0) is 26.1. The monoisotopic (exact) mass is 526 g/mol. The molecule has 190 valence electrons. The van der Waals surface area contributed by atoms with Crippen molar-refractivity contribution >= 4 is 35.2 Å². The van der Waals surface area contributed by atoms with E-state index >= 15 is 0 Å². The van der Waals surface area contributed by atoms with E-state index in [4.69, 9.17) is 11.6 Å². The van der Waals surface area contributed by atoms with Gasteiger partial charge in [0.2, 0.25) is 11.8 Å². The molecule has 3 aromatic carbocycles. The standard InChI is InChI=1S/C29H32ClFN2O2S/c1-29(2,3)32-28(35)26(17-21-7-5-4-6-8-21)33(18-22-9-13-24(30)14-10-22)27(34)20-36-19-23-11-15-25(31)16-12-23/h4-16,26H,17-20H2,1-3H3,(H,32,35). The molecule has 0 radical (unpaired) electrons. The zero-order valence-corrected chi connectivity index (χ0v) is 22.4. The Morgan fingerprint density at radius 1 is 0.917 bits per heavy atom. The fraction of sp³-hybridized carbons (Fsp3) is 0.310. The first-order valence-electron chi connectivity index (χ1n) is 11.8. The van der Waals surface area contributed by atoms with Crippen LogP contribution in [0.25, 0.3) is 0 Å². The molecular weight excluding hydrogens is 495 g/mol. The van der Waals surface area contributed by atoms with Crippen LogP contribution in [0.4, 0.5) is 4.39 Å². The first-order chi connectivity index (χ1) is 17.1. The summed E-state index contributed by atoms with van der Waals surface area (Å²) < 4.78 is 13.2. The Morgan fingerprint density at radius 3 is 2.14 bits per heavy atom. The molecule has 1 N–H and O–H groups in total. The highest BCUT2D eigenvalue weighted by Crippen LogP contribution is 2.20. The predicted octanol–water partition coefficient (Wildman–Crippen LogP) is 6.27. The van der Waals surface area contributed by atoms with Crippen LogP contribution in [0, 0.1) is 5.82 Å². The normalized spacial score (nSPS) is 12.1. The van der Waals surface area contributed by atoms with Gasteiger partial charge in [0, 0.05) is 29.3 Å². The van der Waals surface area contributed by atoms with Crippen LogP contribution in [0.5, 0.6) is 0 Å². The predicted molar refractivity (Wildman–Crippen MR) is 146 cm³/mol. The summed E-state index contributed by atoms with van der Waals surface area (Å²) in [6.07, 6.45) is 0.394. The van der Waals surface area contributed by atoms with Crippen molar-refractivity contribution in [1.82, 2.24) is 10.2 Å². The smallest absolute Gasteiger partial charge is 0.243 e. The maximum absolute atomic E-state index is 13.6. The van der Waals surface area contributed by atoms with Crippen LogP contribution in [0.1, 0.15) is 37.5 Å². The maximum atomic E-state index is 13.6. The number of carbonyl (C=O) groups excluding carboxylic acids is 2. The lowest BCUT2D eigenvalue weighted by Gasteiger charge is -2.34. The van der Waals surface area contributed by atoms with E-state index in [0.717, 1.165) is 16.7 Å². The number of nitrogens with zero attached hydrogens (tertiary/aromatic N) is 1. The average molecular weight is 527 g/mol. The van der Waals surface area contributed by atoms with Gasteiger partial charge < -0.3 is 10.2 Å². The Kier molecular flexibility index (Phi) is 9.97. The van der Waals surface area contributed by atoms with Crippen LogP contribution in [0.2, 0.25) is 5.02 Å². The molecule has 0 saturated heterocycles. The van der Waals surface area contributed by atoms with Gasteiger partial charge in [-0.2, -0.15) is 0 Å². The lowest BCUT2D eigenvalue weighted by atomic mass is 10.0. The largest absolute Gasteiger partial charge is 0.350 e. The summed E-state index contributed by atoms with van der Waals surface area (Å²) in [7, 11) is 0. The molecule has 0 spiro atoms. The third kappa shape index (κ3) is 8.99. The molecular formula is C29H32ClFN2O2S. The summed E-state index contributed by atoms with van der Waals surface area (Å²) in [5, 5.41) is 3.67. The molecule has 0 aromatic heterocycles. The van der Waals surface area contributed by atoms with E-state index in [1.807, 2.05) is 63.2 Å². The SMILES string of the molecule is CC(C)(C)NC(=O)C(Cc1ccccc1)N(Cc1ccc(Cl)cc1)C(=O)CSCc1ccc(F)cc1. The van der Waals surface area contributed by atoms with Gasteiger partial charge >= 0.3 is 0 Å². The van der Waals surface area contributed by atoms with Gasteiger partial charge in [-0.05, 0) is 61.7 Å². The minimum absolute atomic E-state index is 0.137. The summed E-state index contributed by atoms with van der Waals surface area (Å²) >= 11 is 7.51. The quantitative estimate of drug-likeness (QED) is 0.339.